The molecule has 1 aliphatic rings. The summed E-state index contributed by atoms with van der Waals surface area (Å²) < 4.78 is 6.27. The van der Waals surface area contributed by atoms with Crippen LogP contribution in [0.15, 0.2) is 28.7 Å². The average Bonchev–Trinajstić information content (AvgIpc) is 2.68. The van der Waals surface area contributed by atoms with Crippen LogP contribution in [0.1, 0.15) is 18.0 Å². The van der Waals surface area contributed by atoms with Crippen molar-refractivity contribution in [3.05, 3.63) is 34.3 Å². The summed E-state index contributed by atoms with van der Waals surface area (Å²) in [6.07, 6.45) is 1.06. The number of nitrogens with two attached hydrogens (primary N) is 1. The molecule has 0 spiro atoms. The topological polar surface area (TPSA) is 38.5 Å². The van der Waals surface area contributed by atoms with Gasteiger partial charge in [-0.15, -0.1) is 0 Å². The highest BCUT2D eigenvalue weighted by molar-refractivity contribution is 9.10. The number of ether oxygens (including phenoxy) is 1. The van der Waals surface area contributed by atoms with Crippen molar-refractivity contribution in [3.63, 3.8) is 0 Å². The van der Waals surface area contributed by atoms with E-state index in [4.69, 9.17) is 10.5 Å². The Morgan fingerprint density at radius 1 is 1.53 bits per heavy atom. The lowest BCUT2D eigenvalue weighted by Crippen LogP contribution is -2.33. The van der Waals surface area contributed by atoms with Crippen molar-refractivity contribution in [2.75, 3.05) is 26.8 Å². The molecule has 2 atom stereocenters. The third kappa shape index (κ3) is 3.07. The van der Waals surface area contributed by atoms with Crippen molar-refractivity contribution in [2.24, 2.45) is 5.73 Å². The lowest BCUT2D eigenvalue weighted by Gasteiger charge is -2.27. The maximum Gasteiger partial charge on any atom is 0.0589 e. The average molecular weight is 299 g/mol. The second-order valence-corrected chi connectivity index (χ2v) is 5.40. The summed E-state index contributed by atoms with van der Waals surface area (Å²) in [5.74, 6) is 0. The van der Waals surface area contributed by atoms with Crippen molar-refractivity contribution < 1.29 is 4.74 Å². The van der Waals surface area contributed by atoms with Crippen LogP contribution < -0.4 is 5.73 Å². The maximum absolute atomic E-state index is 6.23. The summed E-state index contributed by atoms with van der Waals surface area (Å²) in [5, 5.41) is 0. The van der Waals surface area contributed by atoms with Gasteiger partial charge in [0.25, 0.3) is 0 Å². The Hall–Kier alpha value is -0.420. The van der Waals surface area contributed by atoms with E-state index in [1.807, 2.05) is 6.07 Å². The highest BCUT2D eigenvalue weighted by Gasteiger charge is 2.32. The Kier molecular flexibility index (Phi) is 4.56. The van der Waals surface area contributed by atoms with Gasteiger partial charge in [-0.2, -0.15) is 0 Å². The molecule has 1 aliphatic heterocycles. The predicted molar refractivity (Wildman–Crippen MR) is 72.9 cm³/mol. The fraction of sp³-hybridized carbons (Fsp3) is 0.538. The van der Waals surface area contributed by atoms with Crippen molar-refractivity contribution in [1.82, 2.24) is 4.90 Å². The standard InChI is InChI=1S/C13H19BrN2O/c1-17-8-7-16-6-5-12(15)13(16)10-3-2-4-11(14)9-10/h2-4,9,12-13H,5-8,15H2,1H3. The van der Waals surface area contributed by atoms with Crippen LogP contribution in [0.3, 0.4) is 0 Å². The summed E-state index contributed by atoms with van der Waals surface area (Å²) in [7, 11) is 1.74. The molecule has 2 N–H and O–H groups in total. The van der Waals surface area contributed by atoms with E-state index in [1.54, 1.807) is 7.11 Å². The molecule has 94 valence electrons. The normalized spacial score (nSPS) is 25.4. The Labute approximate surface area is 111 Å². The molecule has 17 heavy (non-hydrogen) atoms. The Morgan fingerprint density at radius 3 is 3.06 bits per heavy atom. The van der Waals surface area contributed by atoms with Crippen LogP contribution in [0.5, 0.6) is 0 Å². The molecule has 0 amide bonds. The minimum absolute atomic E-state index is 0.223. The summed E-state index contributed by atoms with van der Waals surface area (Å²) in [5.41, 5.74) is 7.52. The summed E-state index contributed by atoms with van der Waals surface area (Å²) in [6, 6.07) is 8.97. The lowest BCUT2D eigenvalue weighted by atomic mass is 10.0. The number of hydrogen-bond donors (Lipinski definition) is 1. The van der Waals surface area contributed by atoms with E-state index >= 15 is 0 Å². The highest BCUT2D eigenvalue weighted by Crippen LogP contribution is 2.31. The zero-order chi connectivity index (χ0) is 12.3. The van der Waals surface area contributed by atoms with Gasteiger partial charge in [-0.1, -0.05) is 28.1 Å². The molecule has 0 aromatic heterocycles. The van der Waals surface area contributed by atoms with E-state index in [-0.39, 0.29) is 6.04 Å². The summed E-state index contributed by atoms with van der Waals surface area (Å²) in [6.45, 7) is 2.76. The third-order valence-electron chi connectivity index (χ3n) is 3.32. The Bertz CT molecular complexity index is 372. The van der Waals surface area contributed by atoms with Crippen LogP contribution in [0.25, 0.3) is 0 Å². The van der Waals surface area contributed by atoms with Gasteiger partial charge in [0.1, 0.15) is 0 Å². The summed E-state index contributed by atoms with van der Waals surface area (Å²) >= 11 is 3.52. The molecule has 1 aromatic carbocycles. The second-order valence-electron chi connectivity index (χ2n) is 4.48. The van der Waals surface area contributed by atoms with Crippen molar-refractivity contribution in [2.45, 2.75) is 18.5 Å². The largest absolute Gasteiger partial charge is 0.383 e. The van der Waals surface area contributed by atoms with Gasteiger partial charge >= 0.3 is 0 Å². The maximum atomic E-state index is 6.23. The first-order valence-corrected chi connectivity index (χ1v) is 6.75. The number of benzene rings is 1. The van der Waals surface area contributed by atoms with Crippen molar-refractivity contribution in [3.8, 4) is 0 Å². The van der Waals surface area contributed by atoms with Gasteiger partial charge in [-0.25, -0.2) is 0 Å². The van der Waals surface area contributed by atoms with Gasteiger partial charge < -0.3 is 10.5 Å². The van der Waals surface area contributed by atoms with Crippen LogP contribution in [0.4, 0.5) is 0 Å². The van der Waals surface area contributed by atoms with Gasteiger partial charge in [-0.3, -0.25) is 4.90 Å². The molecule has 0 aliphatic carbocycles. The van der Waals surface area contributed by atoms with E-state index in [9.17, 15) is 0 Å². The fourth-order valence-electron chi connectivity index (χ4n) is 2.49. The lowest BCUT2D eigenvalue weighted by molar-refractivity contribution is 0.139. The van der Waals surface area contributed by atoms with Gasteiger partial charge in [0.15, 0.2) is 0 Å². The zero-order valence-corrected chi connectivity index (χ0v) is 11.7. The van der Waals surface area contributed by atoms with Gasteiger partial charge in [0.05, 0.1) is 12.6 Å². The Morgan fingerprint density at radius 2 is 2.35 bits per heavy atom. The van der Waals surface area contributed by atoms with Gasteiger partial charge in [0, 0.05) is 30.7 Å². The number of rotatable bonds is 4. The van der Waals surface area contributed by atoms with E-state index in [1.165, 1.54) is 5.56 Å². The minimum atomic E-state index is 0.223. The van der Waals surface area contributed by atoms with E-state index in [2.05, 4.69) is 39.0 Å². The first-order valence-electron chi connectivity index (χ1n) is 5.96. The number of hydrogen-bond acceptors (Lipinski definition) is 3. The zero-order valence-electron chi connectivity index (χ0n) is 10.1. The molecule has 0 bridgehead atoms. The van der Waals surface area contributed by atoms with Crippen molar-refractivity contribution in [1.29, 1.82) is 0 Å². The minimum Gasteiger partial charge on any atom is -0.383 e. The second kappa shape index (κ2) is 5.96. The third-order valence-corrected chi connectivity index (χ3v) is 3.81. The smallest absolute Gasteiger partial charge is 0.0589 e. The quantitative estimate of drug-likeness (QED) is 0.926. The van der Waals surface area contributed by atoms with Crippen LogP contribution in [-0.4, -0.2) is 37.7 Å². The molecule has 1 aromatic rings. The molecule has 1 fully saturated rings. The SMILES string of the molecule is COCCN1CCC(N)C1c1cccc(Br)c1. The van der Waals surface area contributed by atoms with Crippen LogP contribution in [0, 0.1) is 0 Å². The number of halogens is 1. The van der Waals surface area contributed by atoms with E-state index < -0.39 is 0 Å². The number of methoxy groups -OCH3 is 1. The highest BCUT2D eigenvalue weighted by atomic mass is 79.9. The number of nitrogens with zero attached hydrogens (tertiary/aromatic N) is 1. The van der Waals surface area contributed by atoms with E-state index in [0.29, 0.717) is 6.04 Å². The molecule has 0 radical (unpaired) electrons. The van der Waals surface area contributed by atoms with E-state index in [0.717, 1.165) is 30.6 Å². The van der Waals surface area contributed by atoms with Gasteiger partial charge in [-0.05, 0) is 24.1 Å². The molecular formula is C13H19BrN2O. The molecule has 4 heteroatoms. The number of likely N-dealkylation sites (tertiary alicyclic amines) is 1. The molecule has 2 unspecified atom stereocenters. The molecule has 0 saturated carbocycles. The molecular weight excluding hydrogens is 280 g/mol. The first kappa shape index (κ1) is 13.0. The van der Waals surface area contributed by atoms with Crippen LogP contribution in [-0.2, 0) is 4.74 Å². The molecule has 2 rings (SSSR count). The van der Waals surface area contributed by atoms with Crippen LogP contribution in [0.2, 0.25) is 0 Å². The molecule has 3 nitrogen and oxygen atoms in total. The molecule has 1 saturated heterocycles. The molecule has 1 heterocycles. The Balaban J connectivity index is 2.15. The first-order chi connectivity index (χ1) is 8.22. The van der Waals surface area contributed by atoms with Gasteiger partial charge in [0.2, 0.25) is 0 Å². The summed E-state index contributed by atoms with van der Waals surface area (Å²) in [4.78, 5) is 2.41. The monoisotopic (exact) mass is 298 g/mol. The fourth-order valence-corrected chi connectivity index (χ4v) is 2.91. The van der Waals surface area contributed by atoms with Crippen molar-refractivity contribution >= 4 is 15.9 Å². The van der Waals surface area contributed by atoms with Crippen LogP contribution >= 0.6 is 15.9 Å². The predicted octanol–water partition coefficient (Wildman–Crippen LogP) is 2.17.